The Morgan fingerprint density at radius 1 is 1.44 bits per heavy atom. The van der Waals surface area contributed by atoms with Crippen LogP contribution in [0.15, 0.2) is 30.3 Å². The summed E-state index contributed by atoms with van der Waals surface area (Å²) in [6.07, 6.45) is 1.76. The highest BCUT2D eigenvalue weighted by molar-refractivity contribution is 7.99. The van der Waals surface area contributed by atoms with E-state index in [9.17, 15) is 13.6 Å². The number of carbonyl (C=O) groups is 1. The molecule has 1 aromatic carbocycles. The van der Waals surface area contributed by atoms with Crippen LogP contribution in [-0.2, 0) is 4.79 Å². The fourth-order valence-electron chi connectivity index (χ4n) is 1.40. The molecule has 1 amide bonds. The number of thioether (sulfide) groups is 1. The van der Waals surface area contributed by atoms with Crippen LogP contribution in [0.5, 0.6) is 0 Å². The zero-order valence-electron chi connectivity index (χ0n) is 10.0. The lowest BCUT2D eigenvalue weighted by Crippen LogP contribution is -2.42. The Kier molecular flexibility index (Phi) is 5.55. The first kappa shape index (κ1) is 14.9. The summed E-state index contributed by atoms with van der Waals surface area (Å²) in [5.41, 5.74) is 5.70. The van der Waals surface area contributed by atoms with Crippen molar-refractivity contribution < 1.29 is 13.6 Å². The van der Waals surface area contributed by atoms with E-state index in [-0.39, 0.29) is 0 Å². The number of rotatable bonds is 6. The smallest absolute Gasteiger partial charge is 0.277 e. The van der Waals surface area contributed by atoms with Gasteiger partial charge < -0.3 is 11.1 Å². The number of hydrogen-bond acceptors (Lipinski definition) is 3. The number of halogens is 2. The van der Waals surface area contributed by atoms with Gasteiger partial charge in [-0.1, -0.05) is 30.3 Å². The van der Waals surface area contributed by atoms with Gasteiger partial charge in [0.2, 0.25) is 5.91 Å². The van der Waals surface area contributed by atoms with Gasteiger partial charge in [-0.3, -0.25) is 4.79 Å². The molecule has 1 rings (SSSR count). The van der Waals surface area contributed by atoms with Gasteiger partial charge >= 0.3 is 0 Å². The summed E-state index contributed by atoms with van der Waals surface area (Å²) >= 11 is 1.30. The number of alkyl halides is 2. The summed E-state index contributed by atoms with van der Waals surface area (Å²) in [5.74, 6) is -3.49. The van der Waals surface area contributed by atoms with Gasteiger partial charge in [0.1, 0.15) is 5.25 Å². The van der Waals surface area contributed by atoms with Crippen molar-refractivity contribution in [3.63, 3.8) is 0 Å². The minimum atomic E-state index is -3.06. The number of nitrogens with two attached hydrogens (primary N) is 1. The minimum absolute atomic E-state index is 0.429. The lowest BCUT2D eigenvalue weighted by molar-refractivity contribution is -0.122. The van der Waals surface area contributed by atoms with E-state index in [1.54, 1.807) is 30.5 Å². The summed E-state index contributed by atoms with van der Waals surface area (Å²) in [5, 5.41) is 1.75. The molecule has 1 unspecified atom stereocenters. The van der Waals surface area contributed by atoms with Crippen LogP contribution >= 0.6 is 11.8 Å². The third-order valence-electron chi connectivity index (χ3n) is 2.40. The average Bonchev–Trinajstić information content (AvgIpc) is 2.39. The maximum absolute atomic E-state index is 12.9. The van der Waals surface area contributed by atoms with Crippen LogP contribution in [0, 0.1) is 0 Å². The molecule has 18 heavy (non-hydrogen) atoms. The third-order valence-corrected chi connectivity index (χ3v) is 3.35. The first-order valence-corrected chi connectivity index (χ1v) is 6.72. The van der Waals surface area contributed by atoms with Crippen LogP contribution in [0.25, 0.3) is 0 Å². The van der Waals surface area contributed by atoms with E-state index in [1.807, 2.05) is 6.07 Å². The molecule has 0 saturated heterocycles. The van der Waals surface area contributed by atoms with Crippen LogP contribution < -0.4 is 11.1 Å². The molecular formula is C12H16F2N2OS. The van der Waals surface area contributed by atoms with Crippen molar-refractivity contribution in [1.29, 1.82) is 0 Å². The van der Waals surface area contributed by atoms with E-state index in [4.69, 9.17) is 5.73 Å². The maximum atomic E-state index is 12.9. The molecular weight excluding hydrogens is 258 g/mol. The summed E-state index contributed by atoms with van der Waals surface area (Å²) in [7, 11) is 0. The van der Waals surface area contributed by atoms with Crippen LogP contribution in [0.3, 0.4) is 0 Å². The van der Waals surface area contributed by atoms with Crippen LogP contribution in [0.1, 0.15) is 10.8 Å². The lowest BCUT2D eigenvalue weighted by Gasteiger charge is -2.18. The molecule has 3 N–H and O–H groups in total. The molecule has 0 aliphatic rings. The Balaban J connectivity index is 2.64. The molecule has 0 bridgehead atoms. The molecule has 0 spiro atoms. The molecule has 0 aliphatic heterocycles. The summed E-state index contributed by atoms with van der Waals surface area (Å²) in [4.78, 5) is 11.8. The maximum Gasteiger partial charge on any atom is 0.277 e. The van der Waals surface area contributed by atoms with Gasteiger partial charge in [-0.2, -0.15) is 0 Å². The SMILES string of the molecule is CSC(C(=O)NCC(F)(F)CN)c1ccccc1. The standard InChI is InChI=1S/C12H16F2N2OS/c1-18-10(9-5-3-2-4-6-9)11(17)16-8-12(13,14)7-15/h2-6,10H,7-8,15H2,1H3,(H,16,17). The zero-order chi connectivity index (χ0) is 13.6. The van der Waals surface area contributed by atoms with E-state index in [2.05, 4.69) is 5.32 Å². The van der Waals surface area contributed by atoms with Gasteiger partial charge in [-0.25, -0.2) is 8.78 Å². The Hall–Kier alpha value is -1.14. The van der Waals surface area contributed by atoms with Gasteiger partial charge in [-0.05, 0) is 11.8 Å². The highest BCUT2D eigenvalue weighted by Crippen LogP contribution is 2.26. The monoisotopic (exact) mass is 274 g/mol. The third kappa shape index (κ3) is 4.27. The molecule has 3 nitrogen and oxygen atoms in total. The Morgan fingerprint density at radius 3 is 2.56 bits per heavy atom. The number of hydrogen-bond donors (Lipinski definition) is 2. The number of nitrogens with one attached hydrogen (secondary N) is 1. The first-order valence-electron chi connectivity index (χ1n) is 5.43. The molecule has 1 atom stereocenters. The normalized spacial score (nSPS) is 13.1. The van der Waals surface area contributed by atoms with Gasteiger partial charge in [0.05, 0.1) is 13.1 Å². The van der Waals surface area contributed by atoms with Crippen molar-refractivity contribution in [2.75, 3.05) is 19.3 Å². The first-order chi connectivity index (χ1) is 8.50. The number of benzene rings is 1. The molecule has 0 aromatic heterocycles. The lowest BCUT2D eigenvalue weighted by atomic mass is 10.1. The molecule has 0 aliphatic carbocycles. The van der Waals surface area contributed by atoms with Crippen molar-refractivity contribution in [1.82, 2.24) is 5.32 Å². The highest BCUT2D eigenvalue weighted by Gasteiger charge is 2.29. The van der Waals surface area contributed by atoms with Gasteiger partial charge in [0.15, 0.2) is 0 Å². The second-order valence-electron chi connectivity index (χ2n) is 3.80. The van der Waals surface area contributed by atoms with Crippen LogP contribution in [0.2, 0.25) is 0 Å². The number of amides is 1. The number of carbonyl (C=O) groups excluding carboxylic acids is 1. The fraction of sp³-hybridized carbons (Fsp3) is 0.417. The highest BCUT2D eigenvalue weighted by atomic mass is 32.2. The predicted octanol–water partition coefficient (Wildman–Crippen LogP) is 1.80. The molecule has 1 aromatic rings. The van der Waals surface area contributed by atoms with E-state index in [0.717, 1.165) is 5.56 Å². The Bertz CT molecular complexity index is 387. The van der Waals surface area contributed by atoms with Gasteiger partial charge in [0, 0.05) is 0 Å². The Labute approximate surface area is 109 Å². The second kappa shape index (κ2) is 6.70. The summed E-state index contributed by atoms with van der Waals surface area (Å²) in [6, 6.07) is 9.03. The molecule has 6 heteroatoms. The van der Waals surface area contributed by atoms with Gasteiger partial charge in [0.25, 0.3) is 5.92 Å². The minimum Gasteiger partial charge on any atom is -0.349 e. The van der Waals surface area contributed by atoms with Crippen molar-refractivity contribution in [2.24, 2.45) is 5.73 Å². The van der Waals surface area contributed by atoms with Crippen molar-refractivity contribution >= 4 is 17.7 Å². The molecule has 0 heterocycles. The molecule has 0 radical (unpaired) electrons. The van der Waals surface area contributed by atoms with Crippen molar-refractivity contribution in [3.8, 4) is 0 Å². The topological polar surface area (TPSA) is 55.1 Å². The van der Waals surface area contributed by atoms with Crippen molar-refractivity contribution in [2.45, 2.75) is 11.2 Å². The van der Waals surface area contributed by atoms with E-state index in [0.29, 0.717) is 0 Å². The molecule has 0 saturated carbocycles. The van der Waals surface area contributed by atoms with E-state index < -0.39 is 30.2 Å². The predicted molar refractivity (Wildman–Crippen MR) is 69.7 cm³/mol. The zero-order valence-corrected chi connectivity index (χ0v) is 10.8. The quantitative estimate of drug-likeness (QED) is 0.831. The van der Waals surface area contributed by atoms with Crippen LogP contribution in [-0.4, -0.2) is 31.2 Å². The molecule has 0 fully saturated rings. The molecule has 100 valence electrons. The van der Waals surface area contributed by atoms with E-state index >= 15 is 0 Å². The van der Waals surface area contributed by atoms with Gasteiger partial charge in [-0.15, -0.1) is 11.8 Å². The van der Waals surface area contributed by atoms with Crippen molar-refractivity contribution in [3.05, 3.63) is 35.9 Å². The largest absolute Gasteiger partial charge is 0.349 e. The average molecular weight is 274 g/mol. The summed E-state index contributed by atoms with van der Waals surface area (Å²) in [6.45, 7) is -1.51. The van der Waals surface area contributed by atoms with Crippen LogP contribution in [0.4, 0.5) is 8.78 Å². The summed E-state index contributed by atoms with van der Waals surface area (Å²) < 4.78 is 25.9. The second-order valence-corrected chi connectivity index (χ2v) is 4.75. The van der Waals surface area contributed by atoms with E-state index in [1.165, 1.54) is 11.8 Å². The Morgan fingerprint density at radius 2 is 2.06 bits per heavy atom. The fourth-order valence-corrected chi connectivity index (χ4v) is 2.13.